The van der Waals surface area contributed by atoms with E-state index in [4.69, 9.17) is 4.74 Å². The maximum Gasteiger partial charge on any atom is 0.338 e. The maximum atomic E-state index is 12.6. The van der Waals surface area contributed by atoms with Crippen LogP contribution in [0.2, 0.25) is 0 Å². The van der Waals surface area contributed by atoms with Crippen molar-refractivity contribution >= 4 is 37.2 Å². The number of carbonyl (C=O) groups is 2. The predicted octanol–water partition coefficient (Wildman–Crippen LogP) is 2.08. The van der Waals surface area contributed by atoms with Gasteiger partial charge in [-0.25, -0.2) is 21.6 Å². The fourth-order valence-corrected chi connectivity index (χ4v) is 7.46. The van der Waals surface area contributed by atoms with E-state index >= 15 is 0 Å². The molecule has 10 heteroatoms. The Labute approximate surface area is 175 Å². The Bertz CT molecular complexity index is 1150. The molecule has 0 aliphatic carbocycles. The molecule has 1 aliphatic heterocycles. The number of amides is 1. The molecule has 1 atom stereocenters. The number of hydrogen-bond acceptors (Lipinski definition) is 7. The van der Waals surface area contributed by atoms with Crippen molar-refractivity contribution in [3.8, 4) is 0 Å². The Morgan fingerprint density at radius 3 is 2.17 bits per heavy atom. The third-order valence-corrected chi connectivity index (χ3v) is 8.92. The normalized spacial score (nSPS) is 18.0. The van der Waals surface area contributed by atoms with Gasteiger partial charge in [-0.3, -0.25) is 4.79 Å². The summed E-state index contributed by atoms with van der Waals surface area (Å²) >= 11 is 0. The number of sulfone groups is 2. The van der Waals surface area contributed by atoms with Crippen molar-refractivity contribution in [3.63, 3.8) is 0 Å². The monoisotopic (exact) mass is 451 g/mol. The van der Waals surface area contributed by atoms with E-state index < -0.39 is 36.8 Å². The third-order valence-electron chi connectivity index (χ3n) is 4.73. The highest BCUT2D eigenvalue weighted by Crippen LogP contribution is 2.25. The smallest absolute Gasteiger partial charge is 0.338 e. The Hall–Kier alpha value is -2.72. The van der Waals surface area contributed by atoms with Gasteiger partial charge in [-0.05, 0) is 61.9 Å². The van der Waals surface area contributed by atoms with E-state index in [9.17, 15) is 26.4 Å². The van der Waals surface area contributed by atoms with Crippen molar-refractivity contribution in [1.82, 2.24) is 0 Å². The summed E-state index contributed by atoms with van der Waals surface area (Å²) in [6.07, 6.45) is 0.0781. The molecule has 1 aliphatic rings. The van der Waals surface area contributed by atoms with E-state index in [-0.39, 0.29) is 35.0 Å². The van der Waals surface area contributed by atoms with E-state index in [0.717, 1.165) is 0 Å². The summed E-state index contributed by atoms with van der Waals surface area (Å²) in [6, 6.07) is 11.5. The topological polar surface area (TPSA) is 124 Å². The number of hydrogen-bond donors (Lipinski definition) is 1. The molecule has 2 aromatic rings. The Balaban J connectivity index is 1.69. The number of benzene rings is 2. The lowest BCUT2D eigenvalue weighted by Gasteiger charge is -2.11. The van der Waals surface area contributed by atoms with Crippen LogP contribution >= 0.6 is 0 Å². The standard InChI is InChI=1S/C20H21NO7S2/c1-2-28-20(23)15-3-7-16(8-4-15)21-19(22)14-5-9-17(10-6-14)30(26,27)18-11-12-29(24,25)13-18/h3-10,18H,2,11-13H2,1H3,(H,21,22)/t18-/m0/s1. The predicted molar refractivity (Wildman–Crippen MR) is 111 cm³/mol. The van der Waals surface area contributed by atoms with Gasteiger partial charge in [0.05, 0.1) is 33.8 Å². The molecule has 1 saturated heterocycles. The summed E-state index contributed by atoms with van der Waals surface area (Å²) in [5.41, 5.74) is 1.06. The van der Waals surface area contributed by atoms with Gasteiger partial charge in [0.25, 0.3) is 5.91 Å². The molecule has 0 saturated carbocycles. The molecule has 1 N–H and O–H groups in total. The van der Waals surface area contributed by atoms with Crippen molar-refractivity contribution in [1.29, 1.82) is 0 Å². The molecule has 0 radical (unpaired) electrons. The quantitative estimate of drug-likeness (QED) is 0.667. The lowest BCUT2D eigenvalue weighted by atomic mass is 10.2. The van der Waals surface area contributed by atoms with Gasteiger partial charge in [0.2, 0.25) is 0 Å². The number of esters is 1. The van der Waals surface area contributed by atoms with Gasteiger partial charge in [0.15, 0.2) is 19.7 Å². The fraction of sp³-hybridized carbons (Fsp3) is 0.300. The Morgan fingerprint density at radius 1 is 1.03 bits per heavy atom. The highest BCUT2D eigenvalue weighted by molar-refractivity contribution is 7.96. The Kier molecular flexibility index (Phi) is 6.27. The largest absolute Gasteiger partial charge is 0.462 e. The van der Waals surface area contributed by atoms with E-state index in [1.54, 1.807) is 19.1 Å². The fourth-order valence-electron chi connectivity index (χ4n) is 3.10. The zero-order valence-electron chi connectivity index (χ0n) is 16.2. The van der Waals surface area contributed by atoms with Crippen LogP contribution in [-0.4, -0.2) is 52.1 Å². The van der Waals surface area contributed by atoms with Crippen molar-refractivity contribution in [3.05, 3.63) is 59.7 Å². The third kappa shape index (κ3) is 4.88. The first-order valence-electron chi connectivity index (χ1n) is 9.25. The number of nitrogens with one attached hydrogen (secondary N) is 1. The van der Waals surface area contributed by atoms with Gasteiger partial charge in [0.1, 0.15) is 0 Å². The van der Waals surface area contributed by atoms with Gasteiger partial charge in [-0.15, -0.1) is 0 Å². The van der Waals surface area contributed by atoms with E-state index in [2.05, 4.69) is 5.32 Å². The summed E-state index contributed by atoms with van der Waals surface area (Å²) in [5.74, 6) is -1.42. The van der Waals surface area contributed by atoms with Crippen LogP contribution in [0.3, 0.4) is 0 Å². The zero-order valence-corrected chi connectivity index (χ0v) is 17.8. The molecule has 3 rings (SSSR count). The van der Waals surface area contributed by atoms with Gasteiger partial charge in [0, 0.05) is 11.3 Å². The minimum atomic E-state index is -3.78. The lowest BCUT2D eigenvalue weighted by Crippen LogP contribution is -2.22. The van der Waals surface area contributed by atoms with E-state index in [0.29, 0.717) is 11.3 Å². The van der Waals surface area contributed by atoms with Crippen LogP contribution < -0.4 is 5.32 Å². The first kappa shape index (κ1) is 22.0. The number of rotatable bonds is 6. The second-order valence-corrected chi connectivity index (χ2v) is 11.3. The molecule has 1 heterocycles. The summed E-state index contributed by atoms with van der Waals surface area (Å²) in [4.78, 5) is 24.0. The number of anilines is 1. The summed E-state index contributed by atoms with van der Waals surface area (Å²) in [7, 11) is -7.11. The van der Waals surface area contributed by atoms with Crippen molar-refractivity contribution in [2.24, 2.45) is 0 Å². The van der Waals surface area contributed by atoms with Crippen molar-refractivity contribution in [2.75, 3.05) is 23.4 Å². The van der Waals surface area contributed by atoms with Gasteiger partial charge in [-0.2, -0.15) is 0 Å². The van der Waals surface area contributed by atoms with Crippen LogP contribution in [0.15, 0.2) is 53.4 Å². The van der Waals surface area contributed by atoms with Crippen LogP contribution in [0.5, 0.6) is 0 Å². The highest BCUT2D eigenvalue weighted by Gasteiger charge is 2.38. The van der Waals surface area contributed by atoms with Crippen molar-refractivity contribution in [2.45, 2.75) is 23.5 Å². The molecule has 1 amide bonds. The summed E-state index contributed by atoms with van der Waals surface area (Å²) in [5, 5.41) is 1.70. The molecule has 0 bridgehead atoms. The van der Waals surface area contributed by atoms with E-state index in [1.165, 1.54) is 36.4 Å². The average molecular weight is 452 g/mol. The molecular formula is C20H21NO7S2. The number of ether oxygens (including phenoxy) is 1. The SMILES string of the molecule is CCOC(=O)c1ccc(NC(=O)c2ccc(S(=O)(=O)[C@H]3CCS(=O)(=O)C3)cc2)cc1. The molecule has 2 aromatic carbocycles. The molecule has 160 valence electrons. The summed E-state index contributed by atoms with van der Waals surface area (Å²) in [6.45, 7) is 1.97. The molecule has 1 fully saturated rings. The highest BCUT2D eigenvalue weighted by atomic mass is 32.2. The van der Waals surface area contributed by atoms with Crippen LogP contribution in [-0.2, 0) is 24.4 Å². The lowest BCUT2D eigenvalue weighted by molar-refractivity contribution is 0.0526. The zero-order chi connectivity index (χ0) is 21.9. The van der Waals surface area contributed by atoms with Crippen LogP contribution in [0.4, 0.5) is 5.69 Å². The molecule has 0 unspecified atom stereocenters. The van der Waals surface area contributed by atoms with Gasteiger partial charge < -0.3 is 10.1 Å². The minimum absolute atomic E-state index is 0.0139. The summed E-state index contributed by atoms with van der Waals surface area (Å²) < 4.78 is 53.3. The molecule has 30 heavy (non-hydrogen) atoms. The van der Waals surface area contributed by atoms with E-state index in [1.807, 2.05) is 0 Å². The average Bonchev–Trinajstić information content (AvgIpc) is 3.09. The second-order valence-electron chi connectivity index (χ2n) is 6.85. The molecule has 0 spiro atoms. The van der Waals surface area contributed by atoms with Crippen LogP contribution in [0, 0.1) is 0 Å². The maximum absolute atomic E-state index is 12.6. The minimum Gasteiger partial charge on any atom is -0.462 e. The second kappa shape index (κ2) is 8.57. The molecule has 0 aromatic heterocycles. The first-order chi connectivity index (χ1) is 14.1. The molecular weight excluding hydrogens is 430 g/mol. The van der Waals surface area contributed by atoms with Gasteiger partial charge in [-0.1, -0.05) is 0 Å². The molecule has 8 nitrogen and oxygen atoms in total. The van der Waals surface area contributed by atoms with Crippen LogP contribution in [0.25, 0.3) is 0 Å². The number of carbonyl (C=O) groups excluding carboxylic acids is 2. The van der Waals surface area contributed by atoms with Gasteiger partial charge >= 0.3 is 5.97 Å². The first-order valence-corrected chi connectivity index (χ1v) is 12.6. The van der Waals surface area contributed by atoms with Crippen molar-refractivity contribution < 1.29 is 31.2 Å². The van der Waals surface area contributed by atoms with Crippen LogP contribution in [0.1, 0.15) is 34.1 Å². The Morgan fingerprint density at radius 2 is 1.63 bits per heavy atom.